The second-order valence-electron chi connectivity index (χ2n) is 3.92. The van der Waals surface area contributed by atoms with Crippen LogP contribution in [-0.4, -0.2) is 31.6 Å². The van der Waals surface area contributed by atoms with E-state index < -0.39 is 10.2 Å². The summed E-state index contributed by atoms with van der Waals surface area (Å²) in [5, 5.41) is 12.4. The highest BCUT2D eigenvalue weighted by atomic mass is 32.2. The zero-order valence-corrected chi connectivity index (χ0v) is 8.97. The third kappa shape index (κ3) is 2.23. The number of nitrogens with zero attached hydrogens (tertiary/aromatic N) is 1. The van der Waals surface area contributed by atoms with Crippen molar-refractivity contribution in [2.45, 2.75) is 19.8 Å². The molecule has 1 heterocycles. The quantitative estimate of drug-likeness (QED) is 0.419. The smallest absolute Gasteiger partial charge is 0.276 e. The van der Waals surface area contributed by atoms with Gasteiger partial charge in [-0.2, -0.15) is 12.7 Å². The molecule has 1 rings (SSSR count). The van der Waals surface area contributed by atoms with E-state index in [1.807, 2.05) is 6.92 Å². The van der Waals surface area contributed by atoms with Crippen molar-refractivity contribution < 1.29 is 8.42 Å². The summed E-state index contributed by atoms with van der Waals surface area (Å²) < 4.78 is 23.2. The molecule has 0 atom stereocenters. The van der Waals surface area contributed by atoms with Crippen molar-refractivity contribution in [2.75, 3.05) is 13.1 Å². The summed E-state index contributed by atoms with van der Waals surface area (Å²) >= 11 is 0. The van der Waals surface area contributed by atoms with Crippen molar-refractivity contribution in [3.05, 3.63) is 0 Å². The molecule has 1 aliphatic rings. The molecular weight excluding hydrogens is 204 g/mol. The fourth-order valence-corrected chi connectivity index (χ4v) is 2.20. The van der Waals surface area contributed by atoms with Crippen molar-refractivity contribution >= 4 is 16.0 Å². The molecule has 1 saturated heterocycles. The molecule has 7 heteroatoms. The van der Waals surface area contributed by atoms with Crippen LogP contribution in [0.1, 0.15) is 19.8 Å². The fourth-order valence-electron chi connectivity index (χ4n) is 1.50. The molecule has 0 aromatic rings. The average molecular weight is 220 g/mol. The second-order valence-corrected chi connectivity index (χ2v) is 5.46. The van der Waals surface area contributed by atoms with Crippen LogP contribution in [0.5, 0.6) is 0 Å². The highest BCUT2D eigenvalue weighted by molar-refractivity contribution is 7.86. The Balaban J connectivity index is 2.68. The summed E-state index contributed by atoms with van der Waals surface area (Å²) in [6.45, 7) is 2.56. The number of nitrogens with one attached hydrogen (secondary N) is 1. The summed E-state index contributed by atoms with van der Waals surface area (Å²) in [5.74, 6) is 0.117. The zero-order chi connectivity index (χ0) is 11.0. The molecule has 14 heavy (non-hydrogen) atoms. The molecule has 0 unspecified atom stereocenters. The van der Waals surface area contributed by atoms with Crippen molar-refractivity contribution in [1.82, 2.24) is 4.31 Å². The third-order valence-electron chi connectivity index (χ3n) is 2.84. The molecule has 1 aliphatic heterocycles. The average Bonchev–Trinajstić information content (AvgIpc) is 2.03. The summed E-state index contributed by atoms with van der Waals surface area (Å²) in [6.07, 6.45) is 1.11. The van der Waals surface area contributed by atoms with E-state index in [1.165, 1.54) is 4.31 Å². The monoisotopic (exact) mass is 220 g/mol. The molecule has 0 radical (unpaired) electrons. The van der Waals surface area contributed by atoms with Crippen molar-refractivity contribution in [2.24, 2.45) is 16.3 Å². The predicted molar refractivity (Wildman–Crippen MR) is 53.9 cm³/mol. The lowest BCUT2D eigenvalue weighted by atomic mass is 9.80. The maximum absolute atomic E-state index is 11.0. The van der Waals surface area contributed by atoms with Crippen LogP contribution < -0.4 is 10.9 Å². The first kappa shape index (κ1) is 11.4. The van der Waals surface area contributed by atoms with Gasteiger partial charge in [-0.3, -0.25) is 5.41 Å². The molecule has 82 valence electrons. The van der Waals surface area contributed by atoms with E-state index in [-0.39, 0.29) is 11.3 Å². The molecule has 0 aromatic heterocycles. The Bertz CT molecular complexity index is 330. The minimum Gasteiger partial charge on any atom is -0.387 e. The lowest BCUT2D eigenvalue weighted by Crippen LogP contribution is -2.48. The first-order chi connectivity index (χ1) is 6.26. The summed E-state index contributed by atoms with van der Waals surface area (Å²) in [5.41, 5.74) is 5.07. The Morgan fingerprint density at radius 3 is 2.14 bits per heavy atom. The molecule has 0 amide bonds. The number of nitrogens with two attached hydrogens (primary N) is 2. The summed E-state index contributed by atoms with van der Waals surface area (Å²) in [4.78, 5) is 0. The van der Waals surface area contributed by atoms with Crippen LogP contribution in [0.25, 0.3) is 0 Å². The van der Waals surface area contributed by atoms with Gasteiger partial charge in [0.05, 0.1) is 5.84 Å². The normalized spacial score (nSPS) is 23.3. The van der Waals surface area contributed by atoms with E-state index >= 15 is 0 Å². The van der Waals surface area contributed by atoms with Crippen LogP contribution in [0.15, 0.2) is 0 Å². The number of piperidine rings is 1. The molecule has 0 saturated carbocycles. The van der Waals surface area contributed by atoms with Gasteiger partial charge in [-0.1, -0.05) is 6.92 Å². The molecule has 0 spiro atoms. The van der Waals surface area contributed by atoms with Crippen molar-refractivity contribution in [1.29, 1.82) is 5.41 Å². The largest absolute Gasteiger partial charge is 0.387 e. The van der Waals surface area contributed by atoms with Gasteiger partial charge in [0.15, 0.2) is 0 Å². The van der Waals surface area contributed by atoms with E-state index in [9.17, 15) is 8.42 Å². The van der Waals surface area contributed by atoms with Gasteiger partial charge in [0.2, 0.25) is 0 Å². The molecular formula is C7H16N4O2S. The number of amidine groups is 1. The van der Waals surface area contributed by atoms with Gasteiger partial charge in [-0.05, 0) is 12.8 Å². The Morgan fingerprint density at radius 2 is 1.86 bits per heavy atom. The van der Waals surface area contributed by atoms with E-state index in [2.05, 4.69) is 0 Å². The highest BCUT2D eigenvalue weighted by Gasteiger charge is 2.35. The van der Waals surface area contributed by atoms with E-state index in [1.54, 1.807) is 0 Å². The van der Waals surface area contributed by atoms with Gasteiger partial charge < -0.3 is 5.73 Å². The van der Waals surface area contributed by atoms with Crippen molar-refractivity contribution in [3.63, 3.8) is 0 Å². The lowest BCUT2D eigenvalue weighted by molar-refractivity contribution is 0.240. The Labute approximate surface area is 83.9 Å². The van der Waals surface area contributed by atoms with Gasteiger partial charge >= 0.3 is 0 Å². The van der Waals surface area contributed by atoms with Crippen LogP contribution in [0.4, 0.5) is 0 Å². The standard InChI is InChI=1S/C7H16N4O2S/c1-7(6(8)9)2-4-11(5-3-7)14(10,12)13/h2-5H2,1H3,(H3,8,9)(H2,10,12,13). The number of hydrogen-bond donors (Lipinski definition) is 3. The van der Waals surface area contributed by atoms with Crippen LogP contribution in [0.2, 0.25) is 0 Å². The van der Waals surface area contributed by atoms with Crippen LogP contribution in [-0.2, 0) is 10.2 Å². The topological polar surface area (TPSA) is 113 Å². The molecule has 0 bridgehead atoms. The Morgan fingerprint density at radius 1 is 1.43 bits per heavy atom. The molecule has 0 aromatic carbocycles. The number of hydrogen-bond acceptors (Lipinski definition) is 3. The number of rotatable bonds is 2. The SMILES string of the molecule is CC1(C(=N)N)CCN(S(N)(=O)=O)CC1. The zero-order valence-electron chi connectivity index (χ0n) is 8.16. The van der Waals surface area contributed by atoms with Crippen LogP contribution in [0.3, 0.4) is 0 Å². The van der Waals surface area contributed by atoms with E-state index in [0.717, 1.165) is 0 Å². The minimum absolute atomic E-state index is 0.117. The lowest BCUT2D eigenvalue weighted by Gasteiger charge is -2.36. The second kappa shape index (κ2) is 3.48. The maximum Gasteiger partial charge on any atom is 0.276 e. The van der Waals surface area contributed by atoms with Crippen LogP contribution >= 0.6 is 0 Å². The van der Waals surface area contributed by atoms with Gasteiger partial charge in [0.1, 0.15) is 0 Å². The molecule has 1 fully saturated rings. The summed E-state index contributed by atoms with van der Waals surface area (Å²) in [7, 11) is -3.58. The van der Waals surface area contributed by atoms with Crippen molar-refractivity contribution in [3.8, 4) is 0 Å². The Kier molecular flexibility index (Phi) is 2.84. The first-order valence-electron chi connectivity index (χ1n) is 4.38. The maximum atomic E-state index is 11.0. The van der Waals surface area contributed by atoms with Gasteiger partial charge in [-0.15, -0.1) is 0 Å². The molecule has 5 N–H and O–H groups in total. The molecule has 6 nitrogen and oxygen atoms in total. The minimum atomic E-state index is -3.58. The van der Waals surface area contributed by atoms with Gasteiger partial charge in [0, 0.05) is 18.5 Å². The van der Waals surface area contributed by atoms with Gasteiger partial charge in [0.25, 0.3) is 10.2 Å². The first-order valence-corrected chi connectivity index (χ1v) is 5.88. The highest BCUT2D eigenvalue weighted by Crippen LogP contribution is 2.30. The Hall–Kier alpha value is -0.660. The van der Waals surface area contributed by atoms with Crippen LogP contribution in [0, 0.1) is 10.8 Å². The fraction of sp³-hybridized carbons (Fsp3) is 0.857. The predicted octanol–water partition coefficient (Wildman–Crippen LogP) is -0.772. The van der Waals surface area contributed by atoms with E-state index in [0.29, 0.717) is 25.9 Å². The molecule has 0 aliphatic carbocycles. The summed E-state index contributed by atoms with van der Waals surface area (Å²) in [6, 6.07) is 0. The van der Waals surface area contributed by atoms with Gasteiger partial charge in [-0.25, -0.2) is 5.14 Å². The third-order valence-corrected chi connectivity index (χ3v) is 3.92. The van der Waals surface area contributed by atoms with E-state index in [4.69, 9.17) is 16.3 Å².